The molecule has 7 nitrogen and oxygen atoms in total. The number of carbonyl (C=O) groups excluding carboxylic acids is 1. The number of hydrogen-bond donors (Lipinski definition) is 3. The van der Waals surface area contributed by atoms with Crippen molar-refractivity contribution in [1.29, 1.82) is 0 Å². The van der Waals surface area contributed by atoms with Crippen LogP contribution in [0.5, 0.6) is 11.5 Å². The molecule has 8 heteroatoms. The van der Waals surface area contributed by atoms with E-state index in [1.165, 1.54) is 19.2 Å². The highest BCUT2D eigenvalue weighted by Gasteiger charge is 2.15. The maximum absolute atomic E-state index is 13.3. The van der Waals surface area contributed by atoms with Gasteiger partial charge in [-0.25, -0.2) is 4.39 Å². The van der Waals surface area contributed by atoms with E-state index in [4.69, 9.17) is 20.3 Å². The lowest BCUT2D eigenvalue weighted by Gasteiger charge is -2.16. The summed E-state index contributed by atoms with van der Waals surface area (Å²) in [6, 6.07) is 10.2. The fourth-order valence-corrected chi connectivity index (χ4v) is 3.80. The Morgan fingerprint density at radius 1 is 1.25 bits per heavy atom. The van der Waals surface area contributed by atoms with Crippen molar-refractivity contribution in [3.05, 3.63) is 59.5 Å². The van der Waals surface area contributed by atoms with E-state index in [1.807, 2.05) is 22.9 Å². The molecule has 1 atom stereocenters. The number of primary amides is 1. The second-order valence-electron chi connectivity index (χ2n) is 7.73. The van der Waals surface area contributed by atoms with Crippen LogP contribution >= 0.6 is 0 Å². The Morgan fingerprint density at radius 3 is 2.78 bits per heavy atom. The topological polar surface area (TPSA) is 98.7 Å². The normalized spacial score (nSPS) is 12.1. The van der Waals surface area contributed by atoms with Gasteiger partial charge in [0, 0.05) is 43.4 Å². The number of fused-ring (bicyclic) bond motifs is 1. The van der Waals surface area contributed by atoms with Crippen molar-refractivity contribution in [1.82, 2.24) is 9.88 Å². The van der Waals surface area contributed by atoms with Gasteiger partial charge in [-0.3, -0.25) is 4.79 Å². The summed E-state index contributed by atoms with van der Waals surface area (Å²) in [7, 11) is 1.47. The van der Waals surface area contributed by atoms with E-state index in [9.17, 15) is 9.18 Å². The van der Waals surface area contributed by atoms with Crippen LogP contribution in [0.4, 0.5) is 4.39 Å². The molecule has 0 saturated heterocycles. The van der Waals surface area contributed by atoms with Gasteiger partial charge in [0.05, 0.1) is 18.2 Å². The van der Waals surface area contributed by atoms with Gasteiger partial charge in [-0.2, -0.15) is 0 Å². The molecule has 172 valence electrons. The van der Waals surface area contributed by atoms with Crippen LogP contribution in [-0.2, 0) is 13.0 Å². The molecule has 0 aliphatic rings. The first kappa shape index (κ1) is 23.6. The number of rotatable bonds is 12. The number of carbonyl (C=O) groups is 1. The maximum Gasteiger partial charge on any atom is 0.250 e. The van der Waals surface area contributed by atoms with Gasteiger partial charge in [0.1, 0.15) is 12.4 Å². The van der Waals surface area contributed by atoms with Crippen LogP contribution in [0.3, 0.4) is 0 Å². The lowest BCUT2D eigenvalue weighted by atomic mass is 10.0. The summed E-state index contributed by atoms with van der Waals surface area (Å²) in [4.78, 5) is 12.1. The van der Waals surface area contributed by atoms with Crippen molar-refractivity contribution in [2.24, 2.45) is 5.73 Å². The summed E-state index contributed by atoms with van der Waals surface area (Å²) < 4.78 is 26.1. The van der Waals surface area contributed by atoms with Gasteiger partial charge in [0.15, 0.2) is 11.5 Å². The highest BCUT2D eigenvalue weighted by Crippen LogP contribution is 2.27. The van der Waals surface area contributed by atoms with E-state index in [0.29, 0.717) is 49.6 Å². The Kier molecular flexibility index (Phi) is 8.08. The number of amides is 1. The van der Waals surface area contributed by atoms with E-state index in [-0.39, 0.29) is 18.5 Å². The number of aliphatic hydroxyl groups is 1. The molecule has 0 aliphatic carbocycles. The Balaban J connectivity index is 1.60. The van der Waals surface area contributed by atoms with Crippen LogP contribution in [0.2, 0.25) is 0 Å². The van der Waals surface area contributed by atoms with Gasteiger partial charge in [-0.15, -0.1) is 0 Å². The number of aryl methyl sites for hydroxylation is 1. The monoisotopic (exact) mass is 443 g/mol. The van der Waals surface area contributed by atoms with Crippen molar-refractivity contribution in [2.75, 3.05) is 26.9 Å². The predicted molar refractivity (Wildman–Crippen MR) is 122 cm³/mol. The summed E-state index contributed by atoms with van der Waals surface area (Å²) >= 11 is 0. The Labute approximate surface area is 186 Å². The van der Waals surface area contributed by atoms with Gasteiger partial charge in [-0.1, -0.05) is 0 Å². The van der Waals surface area contributed by atoms with Crippen molar-refractivity contribution >= 4 is 16.8 Å². The lowest BCUT2D eigenvalue weighted by Crippen LogP contribution is -2.32. The number of halogens is 1. The molecular formula is C24H30FN3O4. The molecule has 3 aromatic rings. The van der Waals surface area contributed by atoms with Gasteiger partial charge < -0.3 is 30.2 Å². The maximum atomic E-state index is 13.3. The number of nitrogens with one attached hydrogen (secondary N) is 1. The zero-order valence-electron chi connectivity index (χ0n) is 18.4. The van der Waals surface area contributed by atoms with E-state index in [2.05, 4.69) is 18.3 Å². The highest BCUT2D eigenvalue weighted by molar-refractivity contribution is 6.05. The van der Waals surface area contributed by atoms with Crippen molar-refractivity contribution in [2.45, 2.75) is 32.4 Å². The highest BCUT2D eigenvalue weighted by atomic mass is 19.1. The molecular weight excluding hydrogens is 413 g/mol. The lowest BCUT2D eigenvalue weighted by molar-refractivity contribution is 0.100. The molecule has 0 spiro atoms. The number of hydrogen-bond acceptors (Lipinski definition) is 5. The Bertz CT molecular complexity index is 1070. The summed E-state index contributed by atoms with van der Waals surface area (Å²) in [5.41, 5.74) is 7.95. The minimum Gasteiger partial charge on any atom is -0.493 e. The summed E-state index contributed by atoms with van der Waals surface area (Å²) in [5.74, 6) is 0.00177. The number of ether oxygens (including phenoxy) is 2. The predicted octanol–water partition coefficient (Wildman–Crippen LogP) is 2.87. The molecule has 4 N–H and O–H groups in total. The third-order valence-electron chi connectivity index (χ3n) is 5.26. The number of nitrogens with two attached hydrogens (primary N) is 1. The van der Waals surface area contributed by atoms with E-state index in [1.54, 1.807) is 6.07 Å². The second-order valence-corrected chi connectivity index (χ2v) is 7.73. The SMILES string of the molecule is COc1cc(F)ccc1OCCN[C@H](C)Cc1cc(C(N)=O)c2c(ccn2CCCO)c1. The zero-order valence-corrected chi connectivity index (χ0v) is 18.4. The number of nitrogens with zero attached hydrogens (tertiary/aromatic N) is 1. The molecule has 32 heavy (non-hydrogen) atoms. The van der Waals surface area contributed by atoms with E-state index < -0.39 is 5.91 Å². The first-order valence-electron chi connectivity index (χ1n) is 10.6. The van der Waals surface area contributed by atoms with Crippen LogP contribution in [0.25, 0.3) is 10.9 Å². The van der Waals surface area contributed by atoms with Crippen molar-refractivity contribution < 1.29 is 23.8 Å². The van der Waals surface area contributed by atoms with E-state index >= 15 is 0 Å². The van der Waals surface area contributed by atoms with Crippen molar-refractivity contribution in [3.8, 4) is 11.5 Å². The van der Waals surface area contributed by atoms with Gasteiger partial charge in [-0.05, 0) is 55.7 Å². The molecule has 0 saturated carbocycles. The molecule has 0 fully saturated rings. The molecule has 0 aliphatic heterocycles. The van der Waals surface area contributed by atoms with Crippen LogP contribution in [0.15, 0.2) is 42.6 Å². The minimum absolute atomic E-state index is 0.0878. The van der Waals surface area contributed by atoms with E-state index in [0.717, 1.165) is 16.5 Å². The summed E-state index contributed by atoms with van der Waals surface area (Å²) in [6.45, 7) is 3.75. The third kappa shape index (κ3) is 5.77. The summed E-state index contributed by atoms with van der Waals surface area (Å²) in [6.07, 6.45) is 3.23. The molecule has 1 amide bonds. The van der Waals surface area contributed by atoms with Gasteiger partial charge >= 0.3 is 0 Å². The largest absolute Gasteiger partial charge is 0.493 e. The van der Waals surface area contributed by atoms with Crippen LogP contribution in [0, 0.1) is 5.82 Å². The zero-order chi connectivity index (χ0) is 23.1. The Hall–Kier alpha value is -3.10. The molecule has 0 unspecified atom stereocenters. The van der Waals surface area contributed by atoms with Gasteiger partial charge in [0.25, 0.3) is 5.91 Å². The van der Waals surface area contributed by atoms with Gasteiger partial charge in [0.2, 0.25) is 0 Å². The second kappa shape index (κ2) is 11.0. The number of aromatic nitrogens is 1. The average molecular weight is 444 g/mol. The number of benzene rings is 2. The first-order valence-corrected chi connectivity index (χ1v) is 10.6. The number of methoxy groups -OCH3 is 1. The first-order chi connectivity index (χ1) is 15.4. The molecule has 2 aromatic carbocycles. The summed E-state index contributed by atoms with van der Waals surface area (Å²) in [5, 5.41) is 13.5. The standard InChI is InChI=1S/C24H30FN3O4/c1-16(27-7-11-32-21-5-4-19(25)15-22(21)31-2)12-17-13-18-6-9-28(8-3-10-29)23(18)20(14-17)24(26)30/h4-6,9,13-16,27,29H,3,7-8,10-12H2,1-2H3,(H2,26,30)/t16-/m1/s1. The smallest absolute Gasteiger partial charge is 0.250 e. The molecule has 0 radical (unpaired) electrons. The quantitative estimate of drug-likeness (QED) is 0.374. The molecule has 1 aromatic heterocycles. The Morgan fingerprint density at radius 2 is 2.06 bits per heavy atom. The fourth-order valence-electron chi connectivity index (χ4n) is 3.80. The van der Waals surface area contributed by atoms with Crippen molar-refractivity contribution in [3.63, 3.8) is 0 Å². The fraction of sp³-hybridized carbons (Fsp3) is 0.375. The molecule has 3 rings (SSSR count). The molecule has 1 heterocycles. The molecule has 0 bridgehead atoms. The minimum atomic E-state index is -0.469. The van der Waals surface area contributed by atoms with Crippen LogP contribution in [-0.4, -0.2) is 48.5 Å². The third-order valence-corrected chi connectivity index (χ3v) is 5.26. The van der Waals surface area contributed by atoms with Crippen LogP contribution < -0.4 is 20.5 Å². The average Bonchev–Trinajstić information content (AvgIpc) is 3.18. The number of aliphatic hydroxyl groups excluding tert-OH is 1. The van der Waals surface area contributed by atoms with Crippen LogP contribution in [0.1, 0.15) is 29.3 Å².